The molecule has 1 aliphatic rings. The van der Waals surface area contributed by atoms with Crippen LogP contribution in [0.25, 0.3) is 0 Å². The van der Waals surface area contributed by atoms with Gasteiger partial charge in [-0.3, -0.25) is 0 Å². The predicted octanol–water partition coefficient (Wildman–Crippen LogP) is 0.875. The van der Waals surface area contributed by atoms with Gasteiger partial charge in [0.1, 0.15) is 6.61 Å². The van der Waals surface area contributed by atoms with Crippen molar-refractivity contribution < 1.29 is 39.1 Å². The summed E-state index contributed by atoms with van der Waals surface area (Å²) >= 11 is 0. The number of esters is 1. The molecule has 1 fully saturated rings. The summed E-state index contributed by atoms with van der Waals surface area (Å²) in [6, 6.07) is 0. The van der Waals surface area contributed by atoms with Crippen LogP contribution in [0.5, 0.6) is 0 Å². The van der Waals surface area contributed by atoms with Crippen molar-refractivity contribution in [2.45, 2.75) is 39.1 Å². The Kier molecular flexibility index (Phi) is 15.1. The molecule has 140 valence electrons. The van der Waals surface area contributed by atoms with Crippen LogP contribution in [0.1, 0.15) is 26.7 Å². The Balaban J connectivity index is 0. The first-order chi connectivity index (χ1) is 11.1. The number of aliphatic carboxylic acids is 1. The Morgan fingerprint density at radius 1 is 1.29 bits per heavy atom. The average Bonchev–Trinajstić information content (AvgIpc) is 3.06. The minimum atomic E-state index is -1.01. The van der Waals surface area contributed by atoms with Crippen molar-refractivity contribution in [3.8, 4) is 0 Å². The van der Waals surface area contributed by atoms with E-state index in [0.29, 0.717) is 12.2 Å². The van der Waals surface area contributed by atoms with Gasteiger partial charge >= 0.3 is 11.9 Å². The Morgan fingerprint density at radius 3 is 2.08 bits per heavy atom. The Morgan fingerprint density at radius 2 is 1.83 bits per heavy atom. The fourth-order valence-corrected chi connectivity index (χ4v) is 1.14. The largest absolute Gasteiger partial charge is 0.478 e. The second-order valence-corrected chi connectivity index (χ2v) is 4.97. The summed E-state index contributed by atoms with van der Waals surface area (Å²) in [5.41, 5.74) is 0.614. The molecule has 0 saturated carbocycles. The number of hydrogen-bond donors (Lipinski definition) is 3. The number of hydrogen-bond acceptors (Lipinski definition) is 7. The molecular weight excluding hydrogens is 320 g/mol. The fourth-order valence-electron chi connectivity index (χ4n) is 1.14. The van der Waals surface area contributed by atoms with Crippen LogP contribution in [0.3, 0.4) is 0 Å². The van der Waals surface area contributed by atoms with Gasteiger partial charge in [-0.15, -0.1) is 0 Å². The molecule has 1 saturated heterocycles. The van der Waals surface area contributed by atoms with Crippen LogP contribution >= 0.6 is 0 Å². The van der Waals surface area contributed by atoms with Gasteiger partial charge in [-0.25, -0.2) is 9.59 Å². The summed E-state index contributed by atoms with van der Waals surface area (Å²) in [5, 5.41) is 24.0. The molecule has 1 heterocycles. The Labute approximate surface area is 142 Å². The van der Waals surface area contributed by atoms with Crippen molar-refractivity contribution in [3.63, 3.8) is 0 Å². The van der Waals surface area contributed by atoms with Gasteiger partial charge in [0.05, 0.1) is 12.7 Å². The fraction of sp³-hybridized carbons (Fsp3) is 0.625. The summed E-state index contributed by atoms with van der Waals surface area (Å²) < 4.78 is 14.4. The number of rotatable bonds is 6. The number of carbonyl (C=O) groups excluding carboxylic acids is 1. The zero-order valence-electron chi connectivity index (χ0n) is 14.5. The lowest BCUT2D eigenvalue weighted by molar-refractivity contribution is -0.142. The summed E-state index contributed by atoms with van der Waals surface area (Å²) in [5.74, 6) is -1.26. The number of carboxylic acids is 1. The van der Waals surface area contributed by atoms with Crippen molar-refractivity contribution in [3.05, 3.63) is 24.3 Å². The maximum absolute atomic E-state index is 10.9. The molecule has 1 aliphatic heterocycles. The zero-order valence-corrected chi connectivity index (χ0v) is 14.5. The van der Waals surface area contributed by atoms with Crippen LogP contribution in [0, 0.1) is 0 Å². The van der Waals surface area contributed by atoms with Gasteiger partial charge in [-0.2, -0.15) is 0 Å². The SMILES string of the molecule is C=C(C)C(=O)O.C=C(C)C(=O)OCC1CCCO1.COC(O)CO. The van der Waals surface area contributed by atoms with E-state index in [1.54, 1.807) is 6.92 Å². The lowest BCUT2D eigenvalue weighted by atomic mass is 10.2. The smallest absolute Gasteiger partial charge is 0.333 e. The van der Waals surface area contributed by atoms with E-state index in [-0.39, 0.29) is 24.3 Å². The van der Waals surface area contributed by atoms with Crippen molar-refractivity contribution in [1.82, 2.24) is 0 Å². The first-order valence-electron chi connectivity index (χ1n) is 7.30. The van der Waals surface area contributed by atoms with Gasteiger partial charge in [0.25, 0.3) is 0 Å². The molecule has 0 aromatic heterocycles. The van der Waals surface area contributed by atoms with E-state index in [1.165, 1.54) is 14.0 Å². The second kappa shape index (κ2) is 14.8. The molecule has 8 heteroatoms. The lowest BCUT2D eigenvalue weighted by Crippen LogP contribution is -2.17. The second-order valence-electron chi connectivity index (χ2n) is 4.97. The summed E-state index contributed by atoms with van der Waals surface area (Å²) in [4.78, 5) is 20.5. The number of aliphatic hydroxyl groups is 2. The Bertz CT molecular complexity index is 383. The van der Waals surface area contributed by atoms with Gasteiger partial charge in [-0.1, -0.05) is 13.2 Å². The monoisotopic (exact) mass is 348 g/mol. The number of ether oxygens (including phenoxy) is 3. The van der Waals surface area contributed by atoms with E-state index in [9.17, 15) is 9.59 Å². The Hall–Kier alpha value is -1.74. The van der Waals surface area contributed by atoms with Crippen LogP contribution in [0.2, 0.25) is 0 Å². The molecule has 1 rings (SSSR count). The van der Waals surface area contributed by atoms with E-state index < -0.39 is 12.3 Å². The zero-order chi connectivity index (χ0) is 19.1. The quantitative estimate of drug-likeness (QED) is 0.367. The highest BCUT2D eigenvalue weighted by Gasteiger charge is 2.17. The van der Waals surface area contributed by atoms with Crippen LogP contribution in [0.4, 0.5) is 0 Å². The molecule has 24 heavy (non-hydrogen) atoms. The van der Waals surface area contributed by atoms with Crippen LogP contribution in [-0.4, -0.2) is 66.6 Å². The summed E-state index contributed by atoms with van der Waals surface area (Å²) in [7, 11) is 1.32. The summed E-state index contributed by atoms with van der Waals surface area (Å²) in [6.45, 7) is 10.5. The minimum absolute atomic E-state index is 0.105. The molecule has 3 N–H and O–H groups in total. The third-order valence-electron chi connectivity index (χ3n) is 2.57. The molecule has 0 radical (unpaired) electrons. The maximum Gasteiger partial charge on any atom is 0.333 e. The molecular formula is C16H28O8. The van der Waals surface area contributed by atoms with Gasteiger partial charge < -0.3 is 29.5 Å². The minimum Gasteiger partial charge on any atom is -0.478 e. The van der Waals surface area contributed by atoms with Crippen molar-refractivity contribution >= 4 is 11.9 Å². The predicted molar refractivity (Wildman–Crippen MR) is 87.3 cm³/mol. The molecule has 0 spiro atoms. The number of methoxy groups -OCH3 is 1. The van der Waals surface area contributed by atoms with Gasteiger partial charge in [0.15, 0.2) is 6.29 Å². The third-order valence-corrected chi connectivity index (χ3v) is 2.57. The maximum atomic E-state index is 10.9. The van der Waals surface area contributed by atoms with Crippen LogP contribution < -0.4 is 0 Å². The first kappa shape index (κ1) is 24.5. The normalized spacial score (nSPS) is 16.6. The van der Waals surface area contributed by atoms with Gasteiger partial charge in [0, 0.05) is 24.9 Å². The standard InChI is InChI=1S/C9H14O3.C4H6O2.C3H8O3/c1-7(2)9(10)12-6-8-4-3-5-11-8;1-3(2)4(5)6;1-6-3(5)2-4/h8H,1,3-6H2,2H3;1H2,2H3,(H,5,6);3-5H,2H2,1H3. The van der Waals surface area contributed by atoms with Crippen LogP contribution in [0.15, 0.2) is 24.3 Å². The first-order valence-corrected chi connectivity index (χ1v) is 7.30. The van der Waals surface area contributed by atoms with E-state index in [1.807, 2.05) is 0 Å². The van der Waals surface area contributed by atoms with Crippen molar-refractivity contribution in [2.24, 2.45) is 0 Å². The molecule has 2 atom stereocenters. The highest BCUT2D eigenvalue weighted by molar-refractivity contribution is 5.86. The molecule has 0 aromatic rings. The van der Waals surface area contributed by atoms with Gasteiger partial charge in [-0.05, 0) is 26.7 Å². The third kappa shape index (κ3) is 15.2. The number of carbonyl (C=O) groups is 2. The molecule has 2 unspecified atom stereocenters. The molecule has 0 bridgehead atoms. The average molecular weight is 348 g/mol. The highest BCUT2D eigenvalue weighted by atomic mass is 16.6. The molecule has 0 aromatic carbocycles. The van der Waals surface area contributed by atoms with E-state index >= 15 is 0 Å². The number of aliphatic hydroxyl groups excluding tert-OH is 2. The van der Waals surface area contributed by atoms with E-state index in [2.05, 4.69) is 17.9 Å². The van der Waals surface area contributed by atoms with Crippen molar-refractivity contribution in [1.29, 1.82) is 0 Å². The van der Waals surface area contributed by atoms with E-state index in [0.717, 1.165) is 19.4 Å². The molecule has 0 aliphatic carbocycles. The molecule has 0 amide bonds. The van der Waals surface area contributed by atoms with Gasteiger partial charge in [0.2, 0.25) is 0 Å². The summed E-state index contributed by atoms with van der Waals surface area (Å²) in [6.07, 6.45) is 1.15. The van der Waals surface area contributed by atoms with Crippen molar-refractivity contribution in [2.75, 3.05) is 26.9 Å². The number of carboxylic acid groups (broad SMARTS) is 1. The lowest BCUT2D eigenvalue weighted by Gasteiger charge is -2.09. The van der Waals surface area contributed by atoms with Crippen LogP contribution in [-0.2, 0) is 23.8 Å². The molecule has 8 nitrogen and oxygen atoms in total. The topological polar surface area (TPSA) is 123 Å². The highest BCUT2D eigenvalue weighted by Crippen LogP contribution is 2.12. The van der Waals surface area contributed by atoms with E-state index in [4.69, 9.17) is 24.8 Å².